The largest absolute Gasteiger partial charge is 0.449 e. The van der Waals surface area contributed by atoms with E-state index in [4.69, 9.17) is 10.2 Å². The highest BCUT2D eigenvalue weighted by molar-refractivity contribution is 9.13. The summed E-state index contributed by atoms with van der Waals surface area (Å²) in [5.41, 5.74) is 7.18. The van der Waals surface area contributed by atoms with Crippen LogP contribution in [0.4, 0.5) is 0 Å². The zero-order chi connectivity index (χ0) is 12.3. The number of halogens is 2. The van der Waals surface area contributed by atoms with Crippen LogP contribution in [0.3, 0.4) is 0 Å². The lowest BCUT2D eigenvalue weighted by Crippen LogP contribution is -2.15. The van der Waals surface area contributed by atoms with Gasteiger partial charge in [0.05, 0.1) is 4.47 Å². The summed E-state index contributed by atoms with van der Waals surface area (Å²) in [4.78, 5) is 0. The number of furan rings is 1. The van der Waals surface area contributed by atoms with E-state index < -0.39 is 0 Å². The first-order valence-electron chi connectivity index (χ1n) is 6.06. The van der Waals surface area contributed by atoms with Gasteiger partial charge >= 0.3 is 0 Å². The lowest BCUT2D eigenvalue weighted by Gasteiger charge is -2.23. The molecule has 1 fully saturated rings. The molecular weight excluding hydrogens is 346 g/mol. The molecule has 1 aliphatic rings. The second-order valence-electron chi connectivity index (χ2n) is 4.53. The quantitative estimate of drug-likeness (QED) is 0.844. The molecule has 0 aromatic carbocycles. The van der Waals surface area contributed by atoms with Crippen molar-refractivity contribution in [3.63, 3.8) is 0 Å². The molecule has 0 radical (unpaired) electrons. The standard InChI is InChI=1S/C13H17Br2NO/c14-12-7-11(17-13(12)15)6-10(8-16)9-4-2-1-3-5-9/h6-7,9H,1-5,8,16H2. The average molecular weight is 363 g/mol. The highest BCUT2D eigenvalue weighted by Gasteiger charge is 2.17. The molecule has 1 saturated carbocycles. The Morgan fingerprint density at radius 1 is 1.35 bits per heavy atom. The van der Waals surface area contributed by atoms with Crippen molar-refractivity contribution in [2.24, 2.45) is 11.7 Å². The molecule has 1 aromatic heterocycles. The van der Waals surface area contributed by atoms with Gasteiger partial charge in [0.1, 0.15) is 5.76 Å². The molecule has 2 nitrogen and oxygen atoms in total. The second-order valence-corrected chi connectivity index (χ2v) is 6.10. The molecule has 94 valence electrons. The van der Waals surface area contributed by atoms with Gasteiger partial charge in [-0.25, -0.2) is 0 Å². The van der Waals surface area contributed by atoms with E-state index in [0.29, 0.717) is 12.5 Å². The van der Waals surface area contributed by atoms with Gasteiger partial charge in [-0.2, -0.15) is 0 Å². The van der Waals surface area contributed by atoms with Crippen molar-refractivity contribution in [2.45, 2.75) is 32.1 Å². The third-order valence-electron chi connectivity index (χ3n) is 3.36. The normalized spacial score (nSPS) is 18.6. The van der Waals surface area contributed by atoms with Crippen LogP contribution in [-0.2, 0) is 0 Å². The molecule has 0 atom stereocenters. The van der Waals surface area contributed by atoms with Gasteiger partial charge in [-0.1, -0.05) is 19.3 Å². The minimum atomic E-state index is 0.626. The van der Waals surface area contributed by atoms with Gasteiger partial charge in [-0.15, -0.1) is 0 Å². The molecule has 1 aliphatic carbocycles. The van der Waals surface area contributed by atoms with Crippen molar-refractivity contribution in [2.75, 3.05) is 6.54 Å². The SMILES string of the molecule is NCC(=Cc1cc(Br)c(Br)o1)C1CCCCC1. The van der Waals surface area contributed by atoms with Gasteiger partial charge in [0.25, 0.3) is 0 Å². The number of nitrogens with two attached hydrogens (primary N) is 1. The van der Waals surface area contributed by atoms with Crippen LogP contribution < -0.4 is 5.73 Å². The Labute approximate surface area is 119 Å². The van der Waals surface area contributed by atoms with Gasteiger partial charge < -0.3 is 10.2 Å². The van der Waals surface area contributed by atoms with E-state index in [-0.39, 0.29) is 0 Å². The monoisotopic (exact) mass is 361 g/mol. The number of hydrogen-bond acceptors (Lipinski definition) is 2. The lowest BCUT2D eigenvalue weighted by molar-refractivity contribution is 0.400. The van der Waals surface area contributed by atoms with E-state index in [1.54, 1.807) is 0 Å². The molecule has 0 aliphatic heterocycles. The van der Waals surface area contributed by atoms with Crippen molar-refractivity contribution < 1.29 is 4.42 Å². The van der Waals surface area contributed by atoms with Crippen LogP contribution in [-0.4, -0.2) is 6.54 Å². The maximum atomic E-state index is 5.86. The van der Waals surface area contributed by atoms with Crippen molar-refractivity contribution in [3.05, 3.63) is 26.5 Å². The molecule has 0 saturated heterocycles. The Morgan fingerprint density at radius 3 is 2.59 bits per heavy atom. The van der Waals surface area contributed by atoms with Crippen LogP contribution in [0.1, 0.15) is 37.9 Å². The van der Waals surface area contributed by atoms with Gasteiger partial charge in [-0.05, 0) is 68.3 Å². The molecule has 17 heavy (non-hydrogen) atoms. The fourth-order valence-corrected chi connectivity index (χ4v) is 3.04. The molecule has 4 heteroatoms. The zero-order valence-corrected chi connectivity index (χ0v) is 12.9. The Kier molecular flexibility index (Phi) is 4.88. The fourth-order valence-electron chi connectivity index (χ4n) is 2.43. The Bertz CT molecular complexity index is 386. The topological polar surface area (TPSA) is 39.2 Å². The van der Waals surface area contributed by atoms with Gasteiger partial charge in [0, 0.05) is 6.54 Å². The van der Waals surface area contributed by atoms with Crippen LogP contribution in [0.25, 0.3) is 6.08 Å². The maximum absolute atomic E-state index is 5.86. The number of rotatable bonds is 3. The smallest absolute Gasteiger partial charge is 0.184 e. The van der Waals surface area contributed by atoms with Gasteiger partial charge in [-0.3, -0.25) is 0 Å². The van der Waals surface area contributed by atoms with E-state index >= 15 is 0 Å². The molecule has 2 rings (SSSR count). The minimum Gasteiger partial charge on any atom is -0.449 e. The summed E-state index contributed by atoms with van der Waals surface area (Å²) in [6.45, 7) is 0.626. The van der Waals surface area contributed by atoms with Gasteiger partial charge in [0.2, 0.25) is 0 Å². The van der Waals surface area contributed by atoms with Crippen molar-refractivity contribution >= 4 is 37.9 Å². The van der Waals surface area contributed by atoms with E-state index in [9.17, 15) is 0 Å². The zero-order valence-electron chi connectivity index (χ0n) is 9.72. The highest BCUT2D eigenvalue weighted by Crippen LogP contribution is 2.32. The van der Waals surface area contributed by atoms with E-state index in [0.717, 1.165) is 14.9 Å². The van der Waals surface area contributed by atoms with Crippen molar-refractivity contribution in [3.8, 4) is 0 Å². The van der Waals surface area contributed by atoms with Crippen molar-refractivity contribution in [1.29, 1.82) is 0 Å². The Balaban J connectivity index is 2.16. The highest BCUT2D eigenvalue weighted by atomic mass is 79.9. The van der Waals surface area contributed by atoms with Crippen LogP contribution in [0.5, 0.6) is 0 Å². The van der Waals surface area contributed by atoms with Crippen LogP contribution >= 0.6 is 31.9 Å². The summed E-state index contributed by atoms with van der Waals surface area (Å²) in [7, 11) is 0. The van der Waals surface area contributed by atoms with Crippen LogP contribution in [0, 0.1) is 5.92 Å². The maximum Gasteiger partial charge on any atom is 0.184 e. The van der Waals surface area contributed by atoms with Crippen molar-refractivity contribution in [1.82, 2.24) is 0 Å². The van der Waals surface area contributed by atoms with Crippen LogP contribution in [0.2, 0.25) is 0 Å². The summed E-state index contributed by atoms with van der Waals surface area (Å²) in [6, 6.07) is 1.97. The third kappa shape index (κ3) is 3.46. The lowest BCUT2D eigenvalue weighted by atomic mass is 9.83. The molecule has 0 bridgehead atoms. The minimum absolute atomic E-state index is 0.626. The molecule has 0 amide bonds. The fraction of sp³-hybridized carbons (Fsp3) is 0.538. The average Bonchev–Trinajstić information content (AvgIpc) is 2.67. The molecule has 2 N–H and O–H groups in total. The molecule has 0 unspecified atom stereocenters. The Morgan fingerprint density at radius 2 is 2.06 bits per heavy atom. The summed E-state index contributed by atoms with van der Waals surface area (Å²) < 4.78 is 7.26. The molecule has 1 heterocycles. The predicted octanol–water partition coefficient (Wildman–Crippen LogP) is 4.73. The van der Waals surface area contributed by atoms with Crippen LogP contribution in [0.15, 0.2) is 25.2 Å². The van der Waals surface area contributed by atoms with E-state index in [1.165, 1.54) is 37.7 Å². The molecule has 0 spiro atoms. The first kappa shape index (κ1) is 13.4. The summed E-state index contributed by atoms with van der Waals surface area (Å²) >= 11 is 6.77. The predicted molar refractivity (Wildman–Crippen MR) is 77.7 cm³/mol. The number of hydrogen-bond donors (Lipinski definition) is 1. The first-order chi connectivity index (χ1) is 8.20. The van der Waals surface area contributed by atoms with Gasteiger partial charge in [0.15, 0.2) is 4.67 Å². The molecular formula is C13H17Br2NO. The summed E-state index contributed by atoms with van der Waals surface area (Å²) in [5.74, 6) is 1.52. The second kappa shape index (κ2) is 6.21. The third-order valence-corrected chi connectivity index (χ3v) is 5.07. The first-order valence-corrected chi connectivity index (χ1v) is 7.64. The Hall–Kier alpha value is -0.0600. The molecule has 1 aromatic rings. The summed E-state index contributed by atoms with van der Waals surface area (Å²) in [6.07, 6.45) is 8.66. The van der Waals surface area contributed by atoms with E-state index in [1.807, 2.05) is 6.07 Å². The summed E-state index contributed by atoms with van der Waals surface area (Å²) in [5, 5.41) is 0. The van der Waals surface area contributed by atoms with E-state index in [2.05, 4.69) is 37.9 Å².